The maximum Gasteiger partial charge on any atom is 0.255 e. The first-order valence-corrected chi connectivity index (χ1v) is 11.5. The lowest BCUT2D eigenvalue weighted by Gasteiger charge is -2.27. The number of aliphatic imine (C=N–C) groups is 1. The first-order valence-electron chi connectivity index (χ1n) is 10.3. The number of hydrogen-bond donors (Lipinski definition) is 4. The molecule has 3 aromatic rings. The van der Waals surface area contributed by atoms with Gasteiger partial charge in [-0.3, -0.25) is 15.2 Å². The number of benzene rings is 2. The number of carbonyl (C=O) groups is 1. The van der Waals surface area contributed by atoms with Gasteiger partial charge in [0.05, 0.1) is 11.3 Å². The van der Waals surface area contributed by atoms with Crippen molar-refractivity contribution in [1.29, 1.82) is 5.41 Å². The SMILES string of the molecule is CC1=C(C(=O)Nc2cc(C(=N)Cl)c(N)cc2F)C(c2ccc(Cl)cc2F)N=C(c2ccnc(Cl)c2)N1. The first-order chi connectivity index (χ1) is 17.0. The van der Waals surface area contributed by atoms with Gasteiger partial charge in [0.2, 0.25) is 0 Å². The second-order valence-corrected chi connectivity index (χ2v) is 8.97. The molecule has 184 valence electrons. The summed E-state index contributed by atoms with van der Waals surface area (Å²) < 4.78 is 29.6. The molecule has 12 heteroatoms. The predicted octanol–water partition coefficient (Wildman–Crippen LogP) is 5.82. The summed E-state index contributed by atoms with van der Waals surface area (Å²) in [5.41, 5.74) is 6.42. The smallest absolute Gasteiger partial charge is 0.255 e. The highest BCUT2D eigenvalue weighted by Crippen LogP contribution is 2.35. The molecule has 0 saturated carbocycles. The van der Waals surface area contributed by atoms with E-state index in [2.05, 4.69) is 20.6 Å². The fourth-order valence-corrected chi connectivity index (χ4v) is 4.18. The minimum Gasteiger partial charge on any atom is -0.398 e. The van der Waals surface area contributed by atoms with Gasteiger partial charge in [-0.15, -0.1) is 0 Å². The number of nitrogens with one attached hydrogen (secondary N) is 3. The van der Waals surface area contributed by atoms with Gasteiger partial charge in [-0.1, -0.05) is 40.9 Å². The average Bonchev–Trinajstić information content (AvgIpc) is 2.80. The van der Waals surface area contributed by atoms with Crippen LogP contribution < -0.4 is 16.4 Å². The Hall–Kier alpha value is -3.53. The minimum absolute atomic E-state index is 0.0267. The number of pyridine rings is 1. The van der Waals surface area contributed by atoms with Crippen LogP contribution >= 0.6 is 34.8 Å². The summed E-state index contributed by atoms with van der Waals surface area (Å²) in [7, 11) is 0. The van der Waals surface area contributed by atoms with E-state index < -0.39 is 28.8 Å². The number of aromatic nitrogens is 1. The van der Waals surface area contributed by atoms with Crippen LogP contribution in [0.15, 0.2) is 64.9 Å². The van der Waals surface area contributed by atoms with E-state index >= 15 is 0 Å². The van der Waals surface area contributed by atoms with Crippen LogP contribution in [0.3, 0.4) is 0 Å². The maximum atomic E-state index is 15.0. The zero-order valence-corrected chi connectivity index (χ0v) is 20.7. The van der Waals surface area contributed by atoms with Crippen LogP contribution in [0, 0.1) is 17.0 Å². The summed E-state index contributed by atoms with van der Waals surface area (Å²) in [6, 6.07) is 8.20. The molecule has 0 spiro atoms. The molecule has 1 aliphatic rings. The normalized spacial score (nSPS) is 15.3. The van der Waals surface area contributed by atoms with Gasteiger partial charge in [-0.05, 0) is 43.3 Å². The van der Waals surface area contributed by atoms with E-state index in [1.54, 1.807) is 19.1 Å². The molecule has 2 aromatic carbocycles. The van der Waals surface area contributed by atoms with E-state index in [0.717, 1.165) is 18.2 Å². The molecule has 36 heavy (non-hydrogen) atoms. The van der Waals surface area contributed by atoms with Crippen molar-refractivity contribution in [3.05, 3.63) is 98.4 Å². The molecule has 1 aromatic heterocycles. The molecule has 1 atom stereocenters. The summed E-state index contributed by atoms with van der Waals surface area (Å²) in [6.45, 7) is 1.60. The van der Waals surface area contributed by atoms with Crippen LogP contribution in [-0.2, 0) is 4.79 Å². The largest absolute Gasteiger partial charge is 0.398 e. The molecular weight excluding hydrogens is 533 g/mol. The molecule has 2 heterocycles. The van der Waals surface area contributed by atoms with Crippen LogP contribution in [0.25, 0.3) is 0 Å². The van der Waals surface area contributed by atoms with Gasteiger partial charge >= 0.3 is 0 Å². The number of nitrogens with two attached hydrogens (primary N) is 1. The molecule has 1 aliphatic heterocycles. The summed E-state index contributed by atoms with van der Waals surface area (Å²) in [5.74, 6) is -1.95. The van der Waals surface area contributed by atoms with Crippen molar-refractivity contribution in [1.82, 2.24) is 10.3 Å². The number of halogens is 5. The fourth-order valence-electron chi connectivity index (χ4n) is 3.68. The molecule has 1 amide bonds. The van der Waals surface area contributed by atoms with Crippen molar-refractivity contribution in [2.75, 3.05) is 11.1 Å². The minimum atomic E-state index is -1.12. The van der Waals surface area contributed by atoms with Crippen LogP contribution in [0.5, 0.6) is 0 Å². The highest BCUT2D eigenvalue weighted by Gasteiger charge is 2.32. The monoisotopic (exact) mass is 548 g/mol. The first kappa shape index (κ1) is 25.6. The molecule has 1 unspecified atom stereocenters. The number of nitrogen functional groups attached to an aromatic ring is 1. The Morgan fingerprint density at radius 3 is 2.56 bits per heavy atom. The summed E-state index contributed by atoms with van der Waals surface area (Å²) in [4.78, 5) is 21.9. The topological polar surface area (TPSA) is 116 Å². The van der Waals surface area contributed by atoms with Crippen LogP contribution in [0.2, 0.25) is 10.2 Å². The van der Waals surface area contributed by atoms with Gasteiger partial charge in [0.15, 0.2) is 0 Å². The van der Waals surface area contributed by atoms with Gasteiger partial charge in [-0.2, -0.15) is 0 Å². The third-order valence-electron chi connectivity index (χ3n) is 5.37. The molecule has 4 rings (SSSR count). The van der Waals surface area contributed by atoms with Gasteiger partial charge < -0.3 is 16.4 Å². The summed E-state index contributed by atoms with van der Waals surface area (Å²) in [5, 5.41) is 13.0. The van der Waals surface area contributed by atoms with Crippen molar-refractivity contribution in [3.8, 4) is 0 Å². The number of nitrogens with zero attached hydrogens (tertiary/aromatic N) is 2. The van der Waals surface area contributed by atoms with Crippen LogP contribution in [0.1, 0.15) is 29.7 Å². The number of rotatable bonds is 5. The van der Waals surface area contributed by atoms with Crippen molar-refractivity contribution in [2.24, 2.45) is 4.99 Å². The van der Waals surface area contributed by atoms with Gasteiger partial charge in [-0.25, -0.2) is 13.8 Å². The predicted molar refractivity (Wildman–Crippen MR) is 138 cm³/mol. The second-order valence-electron chi connectivity index (χ2n) is 7.76. The van der Waals surface area contributed by atoms with E-state index in [1.165, 1.54) is 18.3 Å². The molecule has 0 saturated heterocycles. The highest BCUT2D eigenvalue weighted by molar-refractivity contribution is 6.69. The molecule has 0 aliphatic carbocycles. The van der Waals surface area contributed by atoms with Gasteiger partial charge in [0.1, 0.15) is 33.8 Å². The Morgan fingerprint density at radius 2 is 1.89 bits per heavy atom. The summed E-state index contributed by atoms with van der Waals surface area (Å²) >= 11 is 17.7. The van der Waals surface area contributed by atoms with E-state index in [0.29, 0.717) is 17.1 Å². The fraction of sp³-hybridized carbons (Fsp3) is 0.0833. The Labute approximate surface area is 219 Å². The van der Waals surface area contributed by atoms with Crippen LogP contribution in [0.4, 0.5) is 20.2 Å². The van der Waals surface area contributed by atoms with Crippen molar-refractivity contribution < 1.29 is 13.6 Å². The van der Waals surface area contributed by atoms with Crippen molar-refractivity contribution >= 4 is 63.1 Å². The van der Waals surface area contributed by atoms with Crippen LogP contribution in [-0.4, -0.2) is 21.9 Å². The lowest BCUT2D eigenvalue weighted by molar-refractivity contribution is -0.113. The maximum absolute atomic E-state index is 15.0. The Bertz CT molecular complexity index is 1470. The molecular formula is C24H17Cl3F2N6O. The molecule has 5 N–H and O–H groups in total. The lowest BCUT2D eigenvalue weighted by atomic mass is 9.94. The second kappa shape index (κ2) is 10.2. The quantitative estimate of drug-likeness (QED) is 0.182. The number of carbonyl (C=O) groups excluding carboxylic acids is 1. The Morgan fingerprint density at radius 1 is 1.14 bits per heavy atom. The standard InChI is InChI=1S/C24H17Cl3F2N6O/c1-10-20(24(36)34-18-8-14(22(27)31)17(30)9-16(18)29)21(13-3-2-12(25)7-15(13)28)35-23(33-10)11-4-5-32-19(26)6-11/h2-9,21,31H,30H2,1H3,(H,33,35)(H,34,36). The highest BCUT2D eigenvalue weighted by atomic mass is 35.5. The summed E-state index contributed by atoms with van der Waals surface area (Å²) in [6.07, 6.45) is 1.48. The van der Waals surface area contributed by atoms with Gasteiger partial charge in [0.25, 0.3) is 5.91 Å². The van der Waals surface area contributed by atoms with Gasteiger partial charge in [0, 0.05) is 39.3 Å². The molecule has 0 radical (unpaired) electrons. The van der Waals surface area contributed by atoms with E-state index in [-0.39, 0.29) is 38.3 Å². The number of hydrogen-bond acceptors (Lipinski definition) is 6. The van der Waals surface area contributed by atoms with E-state index in [4.69, 9.17) is 45.9 Å². The number of allylic oxidation sites excluding steroid dienone is 1. The number of amides is 1. The third kappa shape index (κ3) is 5.18. The average molecular weight is 550 g/mol. The number of anilines is 2. The van der Waals surface area contributed by atoms with E-state index in [1.807, 2.05) is 0 Å². The zero-order chi connectivity index (χ0) is 26.1. The Kier molecular flexibility index (Phi) is 7.26. The third-order valence-corrected chi connectivity index (χ3v) is 6.01. The molecule has 0 bridgehead atoms. The van der Waals surface area contributed by atoms with Crippen molar-refractivity contribution in [2.45, 2.75) is 13.0 Å². The number of amidine groups is 1. The molecule has 0 fully saturated rings. The van der Waals surface area contributed by atoms with Crippen molar-refractivity contribution in [3.63, 3.8) is 0 Å². The Balaban J connectivity index is 1.79. The zero-order valence-electron chi connectivity index (χ0n) is 18.5. The lowest BCUT2D eigenvalue weighted by Crippen LogP contribution is -2.34. The molecule has 7 nitrogen and oxygen atoms in total. The van der Waals surface area contributed by atoms with E-state index in [9.17, 15) is 13.6 Å².